The molecule has 2 aliphatic rings. The molecule has 0 N–H and O–H groups in total. The molecule has 3 heterocycles. The van der Waals surface area contributed by atoms with E-state index in [4.69, 9.17) is 0 Å². The number of piperidine rings is 1. The Morgan fingerprint density at radius 2 is 2.00 bits per heavy atom. The molecule has 0 radical (unpaired) electrons. The van der Waals surface area contributed by atoms with Crippen LogP contribution in [0.2, 0.25) is 0 Å². The van der Waals surface area contributed by atoms with E-state index in [1.54, 1.807) is 6.33 Å². The van der Waals surface area contributed by atoms with Crippen LogP contribution in [-0.2, 0) is 0 Å². The van der Waals surface area contributed by atoms with Crippen LogP contribution >= 0.6 is 0 Å². The minimum absolute atomic E-state index is 0.712. The Balaban J connectivity index is 1.91. The molecule has 17 heavy (non-hydrogen) atoms. The van der Waals surface area contributed by atoms with Crippen LogP contribution in [0.4, 0.5) is 5.82 Å². The number of nitrogens with zero attached hydrogens (tertiary/aromatic N) is 5. The van der Waals surface area contributed by atoms with Gasteiger partial charge in [0.1, 0.15) is 12.1 Å². The summed E-state index contributed by atoms with van der Waals surface area (Å²) in [5.74, 6) is 3.74. The van der Waals surface area contributed by atoms with Gasteiger partial charge in [-0.15, -0.1) is 0 Å². The SMILES string of the molecule is Cc1nc2ncnn2c(N2CC3CC3C2)c1C. The number of anilines is 1. The van der Waals surface area contributed by atoms with E-state index in [1.165, 1.54) is 30.9 Å². The summed E-state index contributed by atoms with van der Waals surface area (Å²) in [6.07, 6.45) is 3.00. The Labute approximate surface area is 99.5 Å². The van der Waals surface area contributed by atoms with Crippen LogP contribution in [0, 0.1) is 25.7 Å². The van der Waals surface area contributed by atoms with Gasteiger partial charge in [0.05, 0.1) is 0 Å². The fourth-order valence-electron chi connectivity index (χ4n) is 2.96. The van der Waals surface area contributed by atoms with E-state index in [-0.39, 0.29) is 0 Å². The van der Waals surface area contributed by atoms with Crippen molar-refractivity contribution in [2.45, 2.75) is 20.3 Å². The molecule has 0 aromatic carbocycles. The summed E-state index contributed by atoms with van der Waals surface area (Å²) in [6.45, 7) is 6.51. The maximum Gasteiger partial charge on any atom is 0.254 e. The van der Waals surface area contributed by atoms with E-state index in [0.29, 0.717) is 5.78 Å². The lowest BCUT2D eigenvalue weighted by Gasteiger charge is -2.23. The molecule has 4 rings (SSSR count). The highest BCUT2D eigenvalue weighted by molar-refractivity contribution is 5.55. The van der Waals surface area contributed by atoms with Crippen LogP contribution in [0.25, 0.3) is 5.78 Å². The van der Waals surface area contributed by atoms with Crippen molar-refractivity contribution in [3.05, 3.63) is 17.6 Å². The summed E-state index contributed by atoms with van der Waals surface area (Å²) >= 11 is 0. The molecule has 1 aliphatic carbocycles. The minimum Gasteiger partial charge on any atom is -0.356 e. The van der Waals surface area contributed by atoms with Crippen molar-refractivity contribution in [1.29, 1.82) is 0 Å². The van der Waals surface area contributed by atoms with E-state index in [9.17, 15) is 0 Å². The van der Waals surface area contributed by atoms with Crippen LogP contribution in [0.3, 0.4) is 0 Å². The Bertz CT molecular complexity index is 592. The summed E-state index contributed by atoms with van der Waals surface area (Å²) in [5, 5.41) is 4.31. The quantitative estimate of drug-likeness (QED) is 0.737. The first-order valence-corrected chi connectivity index (χ1v) is 6.16. The Morgan fingerprint density at radius 1 is 1.24 bits per heavy atom. The smallest absolute Gasteiger partial charge is 0.254 e. The zero-order valence-electron chi connectivity index (χ0n) is 10.1. The van der Waals surface area contributed by atoms with Crippen LogP contribution in [0.15, 0.2) is 6.33 Å². The largest absolute Gasteiger partial charge is 0.356 e. The highest BCUT2D eigenvalue weighted by Crippen LogP contribution is 2.46. The first-order valence-electron chi connectivity index (χ1n) is 6.16. The molecule has 1 aliphatic heterocycles. The molecule has 2 unspecified atom stereocenters. The first-order chi connectivity index (χ1) is 8.24. The van der Waals surface area contributed by atoms with E-state index in [1.807, 2.05) is 11.4 Å². The van der Waals surface area contributed by atoms with Crippen molar-refractivity contribution in [1.82, 2.24) is 19.6 Å². The third-order valence-electron chi connectivity index (χ3n) is 4.15. The molecule has 0 bridgehead atoms. The summed E-state index contributed by atoms with van der Waals surface area (Å²) in [6, 6.07) is 0. The number of aryl methyl sites for hydroxylation is 1. The predicted molar refractivity (Wildman–Crippen MR) is 64.1 cm³/mol. The topological polar surface area (TPSA) is 46.3 Å². The third kappa shape index (κ3) is 1.22. The zero-order chi connectivity index (χ0) is 11.6. The number of rotatable bonds is 1. The summed E-state index contributed by atoms with van der Waals surface area (Å²) in [5.41, 5.74) is 2.28. The minimum atomic E-state index is 0.712. The van der Waals surface area contributed by atoms with Gasteiger partial charge in [-0.25, -0.2) is 4.98 Å². The van der Waals surface area contributed by atoms with Crippen LogP contribution in [0.5, 0.6) is 0 Å². The van der Waals surface area contributed by atoms with Crippen LogP contribution < -0.4 is 4.90 Å². The number of hydrogen-bond donors (Lipinski definition) is 0. The van der Waals surface area contributed by atoms with E-state index in [2.05, 4.69) is 26.9 Å². The second kappa shape index (κ2) is 2.97. The zero-order valence-corrected chi connectivity index (χ0v) is 10.1. The predicted octanol–water partition coefficient (Wildman–Crippen LogP) is 1.20. The monoisotopic (exact) mass is 229 g/mol. The van der Waals surface area contributed by atoms with Crippen molar-refractivity contribution in [2.75, 3.05) is 18.0 Å². The second-order valence-electron chi connectivity index (χ2n) is 5.28. The Hall–Kier alpha value is -1.65. The normalized spacial score (nSPS) is 26.6. The Kier molecular flexibility index (Phi) is 1.64. The van der Waals surface area contributed by atoms with E-state index >= 15 is 0 Å². The average Bonchev–Trinajstić information content (AvgIpc) is 2.75. The molecule has 2 aromatic heterocycles. The molecule has 0 spiro atoms. The second-order valence-corrected chi connectivity index (χ2v) is 5.28. The van der Waals surface area contributed by atoms with Crippen molar-refractivity contribution in [3.63, 3.8) is 0 Å². The summed E-state index contributed by atoms with van der Waals surface area (Å²) < 4.78 is 1.88. The van der Waals surface area contributed by atoms with Crippen molar-refractivity contribution in [2.24, 2.45) is 11.8 Å². The van der Waals surface area contributed by atoms with Gasteiger partial charge >= 0.3 is 0 Å². The van der Waals surface area contributed by atoms with Crippen molar-refractivity contribution in [3.8, 4) is 0 Å². The average molecular weight is 229 g/mol. The van der Waals surface area contributed by atoms with E-state index in [0.717, 1.165) is 17.5 Å². The fraction of sp³-hybridized carbons (Fsp3) is 0.583. The summed E-state index contributed by atoms with van der Waals surface area (Å²) in [4.78, 5) is 11.1. The molecule has 2 atom stereocenters. The third-order valence-corrected chi connectivity index (χ3v) is 4.15. The molecule has 1 saturated carbocycles. The lowest BCUT2D eigenvalue weighted by Crippen LogP contribution is -2.26. The molecule has 5 nitrogen and oxygen atoms in total. The summed E-state index contributed by atoms with van der Waals surface area (Å²) in [7, 11) is 0. The molecule has 0 amide bonds. The van der Waals surface area contributed by atoms with Gasteiger partial charge in [0.15, 0.2) is 0 Å². The lowest BCUT2D eigenvalue weighted by molar-refractivity contribution is 0.765. The van der Waals surface area contributed by atoms with Gasteiger partial charge in [-0.1, -0.05) is 0 Å². The van der Waals surface area contributed by atoms with Gasteiger partial charge in [-0.3, -0.25) is 0 Å². The highest BCUT2D eigenvalue weighted by Gasteiger charge is 2.46. The number of hydrogen-bond acceptors (Lipinski definition) is 4. The van der Waals surface area contributed by atoms with E-state index < -0.39 is 0 Å². The lowest BCUT2D eigenvalue weighted by atomic mass is 10.2. The molecular formula is C12H15N5. The van der Waals surface area contributed by atoms with Gasteiger partial charge in [0.25, 0.3) is 5.78 Å². The van der Waals surface area contributed by atoms with Gasteiger partial charge in [0, 0.05) is 24.3 Å². The highest BCUT2D eigenvalue weighted by atomic mass is 15.4. The van der Waals surface area contributed by atoms with Crippen molar-refractivity contribution < 1.29 is 0 Å². The van der Waals surface area contributed by atoms with Gasteiger partial charge in [0.2, 0.25) is 0 Å². The maximum atomic E-state index is 4.46. The number of aromatic nitrogens is 4. The molecule has 2 fully saturated rings. The van der Waals surface area contributed by atoms with Crippen LogP contribution in [-0.4, -0.2) is 32.7 Å². The Morgan fingerprint density at radius 3 is 2.76 bits per heavy atom. The first kappa shape index (κ1) is 9.39. The molecule has 5 heteroatoms. The van der Waals surface area contributed by atoms with Crippen molar-refractivity contribution >= 4 is 11.6 Å². The molecule has 2 aromatic rings. The molecule has 88 valence electrons. The van der Waals surface area contributed by atoms with Crippen LogP contribution in [0.1, 0.15) is 17.7 Å². The maximum absolute atomic E-state index is 4.46. The molecule has 1 saturated heterocycles. The van der Waals surface area contributed by atoms with Gasteiger partial charge in [-0.05, 0) is 32.1 Å². The fourth-order valence-corrected chi connectivity index (χ4v) is 2.96. The van der Waals surface area contributed by atoms with Gasteiger partial charge in [-0.2, -0.15) is 14.6 Å². The number of fused-ring (bicyclic) bond motifs is 2. The van der Waals surface area contributed by atoms with Gasteiger partial charge < -0.3 is 4.90 Å². The molecular weight excluding hydrogens is 214 g/mol. The standard InChI is InChI=1S/C12H15N5/c1-7-8(2)15-12-13-6-14-17(12)11(7)16-4-9-3-10(9)5-16/h6,9-10H,3-5H2,1-2H3.